The third-order valence-electron chi connectivity index (χ3n) is 2.52. The fourth-order valence-corrected chi connectivity index (χ4v) is 2.26. The summed E-state index contributed by atoms with van der Waals surface area (Å²) in [5.74, 6) is -0.415. The molecule has 1 heterocycles. The van der Waals surface area contributed by atoms with E-state index in [1.165, 1.54) is 19.2 Å². The Labute approximate surface area is 114 Å². The Kier molecular flexibility index (Phi) is 4.65. The molecule has 0 amide bonds. The summed E-state index contributed by atoms with van der Waals surface area (Å²) in [6.45, 7) is 0.277. The molecular weight excluding hydrogens is 267 g/mol. The number of Topliss-reactive ketones (excluding diaryl/α,β-unsaturated/α-hetero) is 1. The van der Waals surface area contributed by atoms with Crippen molar-refractivity contribution < 1.29 is 18.7 Å². The van der Waals surface area contributed by atoms with Gasteiger partial charge in [-0.15, -0.1) is 11.3 Å². The predicted octanol–water partition coefficient (Wildman–Crippen LogP) is 3.30. The fourth-order valence-electron chi connectivity index (χ4n) is 1.61. The quantitative estimate of drug-likeness (QED) is 0.762. The van der Waals surface area contributed by atoms with E-state index in [1.54, 1.807) is 11.3 Å². The summed E-state index contributed by atoms with van der Waals surface area (Å²) in [5, 5.41) is 1.94. The molecule has 0 spiro atoms. The number of ketones is 1. The molecule has 0 aliphatic heterocycles. The highest BCUT2D eigenvalue weighted by Gasteiger charge is 2.13. The van der Waals surface area contributed by atoms with Crippen LogP contribution in [0.3, 0.4) is 0 Å². The molecule has 0 aliphatic carbocycles. The topological polar surface area (TPSA) is 35.5 Å². The molecule has 2 aromatic rings. The zero-order valence-electron chi connectivity index (χ0n) is 10.4. The molecule has 0 fully saturated rings. The van der Waals surface area contributed by atoms with Gasteiger partial charge in [0.25, 0.3) is 0 Å². The van der Waals surface area contributed by atoms with Crippen molar-refractivity contribution in [3.05, 3.63) is 52.0 Å². The Bertz CT molecular complexity index is 552. The minimum atomic E-state index is -0.470. The smallest absolute Gasteiger partial charge is 0.192 e. The van der Waals surface area contributed by atoms with Gasteiger partial charge in [0.2, 0.25) is 0 Å². The van der Waals surface area contributed by atoms with Gasteiger partial charge in [0.1, 0.15) is 18.2 Å². The number of hydrogen-bond donors (Lipinski definition) is 0. The molecule has 0 atom stereocenters. The Morgan fingerprint density at radius 3 is 2.89 bits per heavy atom. The fraction of sp³-hybridized carbons (Fsp3) is 0.214. The van der Waals surface area contributed by atoms with Crippen LogP contribution in [0.25, 0.3) is 0 Å². The van der Waals surface area contributed by atoms with Crippen LogP contribution in [0.5, 0.6) is 5.75 Å². The highest BCUT2D eigenvalue weighted by atomic mass is 32.1. The van der Waals surface area contributed by atoms with Gasteiger partial charge in [-0.25, -0.2) is 4.39 Å². The van der Waals surface area contributed by atoms with Crippen molar-refractivity contribution in [2.45, 2.75) is 6.61 Å². The predicted molar refractivity (Wildman–Crippen MR) is 71.3 cm³/mol. The average Bonchev–Trinajstić information content (AvgIpc) is 2.91. The summed E-state index contributed by atoms with van der Waals surface area (Å²) in [5.41, 5.74) is 0.202. The van der Waals surface area contributed by atoms with E-state index in [-0.39, 0.29) is 18.0 Å². The summed E-state index contributed by atoms with van der Waals surface area (Å²) in [4.78, 5) is 13.0. The lowest BCUT2D eigenvalue weighted by molar-refractivity contribution is 0.0728. The van der Waals surface area contributed by atoms with Gasteiger partial charge in [-0.05, 0) is 29.6 Å². The van der Waals surface area contributed by atoms with Gasteiger partial charge in [0.15, 0.2) is 5.78 Å². The number of thiophene rings is 1. The third kappa shape index (κ3) is 3.62. The molecule has 0 unspecified atom stereocenters. The summed E-state index contributed by atoms with van der Waals surface area (Å²) >= 11 is 1.56. The molecule has 100 valence electrons. The summed E-state index contributed by atoms with van der Waals surface area (Å²) in [7, 11) is 1.44. The van der Waals surface area contributed by atoms with Crippen molar-refractivity contribution in [1.29, 1.82) is 0 Å². The zero-order chi connectivity index (χ0) is 13.7. The highest BCUT2D eigenvalue weighted by molar-refractivity contribution is 7.09. The molecule has 3 nitrogen and oxygen atoms in total. The SMILES string of the molecule is COc1ccc(F)cc1C(=O)COCc1cccs1. The number of hydrogen-bond acceptors (Lipinski definition) is 4. The van der Waals surface area contributed by atoms with Crippen LogP contribution in [0.4, 0.5) is 4.39 Å². The van der Waals surface area contributed by atoms with Crippen LogP contribution < -0.4 is 4.74 Å². The maximum atomic E-state index is 13.1. The van der Waals surface area contributed by atoms with Gasteiger partial charge in [0.05, 0.1) is 19.3 Å². The monoisotopic (exact) mass is 280 g/mol. The first-order valence-electron chi connectivity index (χ1n) is 5.67. The molecule has 2 rings (SSSR count). The number of ether oxygens (including phenoxy) is 2. The van der Waals surface area contributed by atoms with Gasteiger partial charge in [-0.1, -0.05) is 6.07 Å². The van der Waals surface area contributed by atoms with E-state index in [4.69, 9.17) is 9.47 Å². The number of carbonyl (C=O) groups excluding carboxylic acids is 1. The first kappa shape index (κ1) is 13.7. The molecule has 0 aliphatic rings. The van der Waals surface area contributed by atoms with Crippen LogP contribution in [0.15, 0.2) is 35.7 Å². The van der Waals surface area contributed by atoms with Crippen molar-refractivity contribution in [3.63, 3.8) is 0 Å². The van der Waals surface area contributed by atoms with Crippen LogP contribution in [-0.4, -0.2) is 19.5 Å². The largest absolute Gasteiger partial charge is 0.496 e. The second kappa shape index (κ2) is 6.45. The lowest BCUT2D eigenvalue weighted by Gasteiger charge is -2.07. The molecule has 0 N–H and O–H groups in total. The standard InChI is InChI=1S/C14H13FO3S/c1-17-14-5-4-10(15)7-12(14)13(16)9-18-8-11-3-2-6-19-11/h2-7H,8-9H2,1H3. The number of carbonyl (C=O) groups is 1. The van der Waals surface area contributed by atoms with Crippen LogP contribution in [0, 0.1) is 5.82 Å². The van der Waals surface area contributed by atoms with E-state index in [0.717, 1.165) is 10.9 Å². The van der Waals surface area contributed by atoms with E-state index >= 15 is 0 Å². The van der Waals surface area contributed by atoms with Crippen molar-refractivity contribution in [1.82, 2.24) is 0 Å². The van der Waals surface area contributed by atoms with Crippen molar-refractivity contribution in [2.24, 2.45) is 0 Å². The number of methoxy groups -OCH3 is 1. The minimum absolute atomic E-state index is 0.0995. The lowest BCUT2D eigenvalue weighted by atomic mass is 10.1. The highest BCUT2D eigenvalue weighted by Crippen LogP contribution is 2.20. The molecule has 19 heavy (non-hydrogen) atoms. The van der Waals surface area contributed by atoms with E-state index < -0.39 is 5.82 Å². The summed E-state index contributed by atoms with van der Waals surface area (Å²) < 4.78 is 23.5. The van der Waals surface area contributed by atoms with Crippen LogP contribution in [0.2, 0.25) is 0 Å². The molecule has 0 saturated carbocycles. The van der Waals surface area contributed by atoms with Crippen molar-refractivity contribution in [3.8, 4) is 5.75 Å². The maximum Gasteiger partial charge on any atom is 0.192 e. The Balaban J connectivity index is 1.97. The summed E-state index contributed by atoms with van der Waals surface area (Å²) in [6, 6.07) is 7.69. The first-order valence-corrected chi connectivity index (χ1v) is 6.55. The molecular formula is C14H13FO3S. The number of rotatable bonds is 6. The molecule has 0 saturated heterocycles. The van der Waals surface area contributed by atoms with E-state index in [1.807, 2.05) is 17.5 Å². The minimum Gasteiger partial charge on any atom is -0.496 e. The number of halogens is 1. The van der Waals surface area contributed by atoms with E-state index in [2.05, 4.69) is 0 Å². The maximum absolute atomic E-state index is 13.1. The van der Waals surface area contributed by atoms with E-state index in [0.29, 0.717) is 12.4 Å². The van der Waals surface area contributed by atoms with Gasteiger partial charge >= 0.3 is 0 Å². The Hall–Kier alpha value is -1.72. The molecule has 1 aromatic carbocycles. The molecule has 1 aromatic heterocycles. The average molecular weight is 280 g/mol. The lowest BCUT2D eigenvalue weighted by Crippen LogP contribution is -2.10. The normalized spacial score (nSPS) is 10.4. The number of benzene rings is 1. The van der Waals surface area contributed by atoms with Gasteiger partial charge in [-0.3, -0.25) is 4.79 Å². The molecule has 0 radical (unpaired) electrons. The van der Waals surface area contributed by atoms with Crippen molar-refractivity contribution >= 4 is 17.1 Å². The summed E-state index contributed by atoms with van der Waals surface area (Å²) in [6.07, 6.45) is 0. The molecule has 0 bridgehead atoms. The van der Waals surface area contributed by atoms with Crippen LogP contribution in [0.1, 0.15) is 15.2 Å². The van der Waals surface area contributed by atoms with Gasteiger partial charge in [0, 0.05) is 4.88 Å². The van der Waals surface area contributed by atoms with Crippen molar-refractivity contribution in [2.75, 3.05) is 13.7 Å². The van der Waals surface area contributed by atoms with E-state index in [9.17, 15) is 9.18 Å². The second-order valence-electron chi connectivity index (χ2n) is 3.84. The Morgan fingerprint density at radius 2 is 2.21 bits per heavy atom. The third-order valence-corrected chi connectivity index (χ3v) is 3.37. The van der Waals surface area contributed by atoms with Crippen LogP contribution in [-0.2, 0) is 11.3 Å². The molecule has 5 heteroatoms. The van der Waals surface area contributed by atoms with Gasteiger partial charge < -0.3 is 9.47 Å². The second-order valence-corrected chi connectivity index (χ2v) is 4.87. The first-order chi connectivity index (χ1) is 9.20. The Morgan fingerprint density at radius 1 is 1.37 bits per heavy atom. The van der Waals surface area contributed by atoms with Gasteiger partial charge in [-0.2, -0.15) is 0 Å². The zero-order valence-corrected chi connectivity index (χ0v) is 11.2. The van der Waals surface area contributed by atoms with Crippen LogP contribution >= 0.6 is 11.3 Å².